The zero-order chi connectivity index (χ0) is 17.9. The van der Waals surface area contributed by atoms with Crippen molar-refractivity contribution in [3.05, 3.63) is 65.2 Å². The van der Waals surface area contributed by atoms with Gasteiger partial charge < -0.3 is 9.73 Å². The molecule has 8 heteroatoms. The van der Waals surface area contributed by atoms with Crippen molar-refractivity contribution in [1.82, 2.24) is 10.3 Å². The molecule has 0 aliphatic heterocycles. The Morgan fingerprint density at radius 1 is 1.20 bits per heavy atom. The van der Waals surface area contributed by atoms with Crippen molar-refractivity contribution >= 4 is 17.2 Å². The van der Waals surface area contributed by atoms with Gasteiger partial charge in [-0.3, -0.25) is 9.78 Å². The number of pyridine rings is 1. The van der Waals surface area contributed by atoms with Gasteiger partial charge in [-0.15, -0.1) is 11.3 Å². The number of hydrogen-bond acceptors (Lipinski definition) is 4. The highest BCUT2D eigenvalue weighted by Crippen LogP contribution is 2.29. The maximum absolute atomic E-state index is 12.4. The Balaban J connectivity index is 1.53. The molecule has 0 aliphatic rings. The summed E-state index contributed by atoms with van der Waals surface area (Å²) in [6.07, 6.45) is 0.311. The van der Waals surface area contributed by atoms with Gasteiger partial charge in [-0.1, -0.05) is 0 Å². The van der Waals surface area contributed by atoms with Gasteiger partial charge in [0.05, 0.1) is 18.1 Å². The number of furan rings is 1. The van der Waals surface area contributed by atoms with Crippen LogP contribution in [0.3, 0.4) is 0 Å². The van der Waals surface area contributed by atoms with Crippen molar-refractivity contribution < 1.29 is 22.4 Å². The molecule has 3 heterocycles. The van der Waals surface area contributed by atoms with Crippen LogP contribution in [0.1, 0.15) is 20.9 Å². The monoisotopic (exact) mass is 366 g/mol. The van der Waals surface area contributed by atoms with E-state index in [-0.39, 0.29) is 5.56 Å². The second kappa shape index (κ2) is 7.10. The topological polar surface area (TPSA) is 55.1 Å². The van der Waals surface area contributed by atoms with E-state index in [1.54, 1.807) is 23.9 Å². The Bertz CT molecular complexity index is 840. The number of nitrogens with zero attached hydrogens (tertiary/aromatic N) is 1. The average molecular weight is 366 g/mol. The lowest BCUT2D eigenvalue weighted by Gasteiger charge is -2.07. The molecular weight excluding hydrogens is 353 g/mol. The predicted molar refractivity (Wildman–Crippen MR) is 87.3 cm³/mol. The first-order valence-electron chi connectivity index (χ1n) is 7.36. The van der Waals surface area contributed by atoms with Crippen LogP contribution in [-0.2, 0) is 12.6 Å². The maximum Gasteiger partial charge on any atom is 0.433 e. The minimum absolute atomic E-state index is 0.0956. The molecule has 0 saturated carbocycles. The van der Waals surface area contributed by atoms with E-state index < -0.39 is 17.8 Å². The maximum atomic E-state index is 12.4. The third-order valence-corrected chi connectivity index (χ3v) is 4.63. The molecular formula is C17H13F3N2O2S. The molecule has 25 heavy (non-hydrogen) atoms. The van der Waals surface area contributed by atoms with Crippen molar-refractivity contribution in [3.63, 3.8) is 0 Å². The van der Waals surface area contributed by atoms with E-state index in [0.29, 0.717) is 13.0 Å². The minimum atomic E-state index is -4.51. The van der Waals surface area contributed by atoms with Crippen LogP contribution in [-0.4, -0.2) is 17.4 Å². The summed E-state index contributed by atoms with van der Waals surface area (Å²) in [5.74, 6) is -0.451. The van der Waals surface area contributed by atoms with Crippen molar-refractivity contribution in [2.45, 2.75) is 12.6 Å². The number of halogens is 3. The lowest BCUT2D eigenvalue weighted by molar-refractivity contribution is -0.141. The smallest absolute Gasteiger partial charge is 0.433 e. The number of carbonyl (C=O) groups is 1. The van der Waals surface area contributed by atoms with E-state index >= 15 is 0 Å². The summed E-state index contributed by atoms with van der Waals surface area (Å²) in [4.78, 5) is 17.4. The number of alkyl halides is 3. The van der Waals surface area contributed by atoms with Gasteiger partial charge in [0.2, 0.25) is 0 Å². The van der Waals surface area contributed by atoms with Crippen LogP contribution in [0.2, 0.25) is 0 Å². The van der Waals surface area contributed by atoms with Crippen LogP contribution >= 0.6 is 11.3 Å². The molecule has 130 valence electrons. The van der Waals surface area contributed by atoms with Gasteiger partial charge in [-0.25, -0.2) is 0 Å². The second-order valence-electron chi connectivity index (χ2n) is 5.21. The summed E-state index contributed by atoms with van der Waals surface area (Å²) < 4.78 is 42.4. The van der Waals surface area contributed by atoms with Gasteiger partial charge in [-0.05, 0) is 36.8 Å². The number of carbonyl (C=O) groups excluding carboxylic acids is 1. The summed E-state index contributed by atoms with van der Waals surface area (Å²) in [5, 5.41) is 2.68. The van der Waals surface area contributed by atoms with E-state index in [0.717, 1.165) is 33.6 Å². The number of nitrogens with one attached hydrogen (secondary N) is 1. The van der Waals surface area contributed by atoms with Crippen LogP contribution in [0, 0.1) is 0 Å². The molecule has 0 unspecified atom stereocenters. The second-order valence-corrected chi connectivity index (χ2v) is 6.38. The third-order valence-electron chi connectivity index (χ3n) is 3.44. The Labute approximate surface area is 145 Å². The summed E-state index contributed by atoms with van der Waals surface area (Å²) in [6, 6.07) is 7.74. The van der Waals surface area contributed by atoms with E-state index in [2.05, 4.69) is 10.3 Å². The van der Waals surface area contributed by atoms with Crippen molar-refractivity contribution in [3.8, 4) is 10.4 Å². The Morgan fingerprint density at radius 3 is 2.68 bits per heavy atom. The Morgan fingerprint density at radius 2 is 2.04 bits per heavy atom. The van der Waals surface area contributed by atoms with Gasteiger partial charge in [0.15, 0.2) is 0 Å². The normalized spacial score (nSPS) is 11.5. The highest BCUT2D eigenvalue weighted by molar-refractivity contribution is 7.15. The van der Waals surface area contributed by atoms with Gasteiger partial charge >= 0.3 is 6.18 Å². The fraction of sp³-hybridized carbons (Fsp3) is 0.176. The van der Waals surface area contributed by atoms with Gasteiger partial charge in [0.1, 0.15) is 5.69 Å². The Kier molecular flexibility index (Phi) is 4.89. The summed E-state index contributed by atoms with van der Waals surface area (Å²) >= 11 is 1.59. The fourth-order valence-electron chi connectivity index (χ4n) is 2.17. The molecule has 3 aromatic rings. The molecule has 1 N–H and O–H groups in total. The van der Waals surface area contributed by atoms with E-state index in [4.69, 9.17) is 4.42 Å². The molecule has 0 bridgehead atoms. The van der Waals surface area contributed by atoms with E-state index in [9.17, 15) is 18.0 Å². The molecule has 0 fully saturated rings. The SMILES string of the molecule is O=C(NCCc1ccc(-c2ccoc2)s1)c1ccc(C(F)(F)F)nc1. The predicted octanol–water partition coefficient (Wildman–Crippen LogP) is 4.39. The lowest BCUT2D eigenvalue weighted by Crippen LogP contribution is -2.25. The van der Waals surface area contributed by atoms with Gasteiger partial charge in [-0.2, -0.15) is 13.2 Å². The third kappa shape index (κ3) is 4.27. The molecule has 0 saturated heterocycles. The zero-order valence-electron chi connectivity index (χ0n) is 12.8. The van der Waals surface area contributed by atoms with Crippen LogP contribution < -0.4 is 5.32 Å². The number of rotatable bonds is 5. The molecule has 0 radical (unpaired) electrons. The first-order chi connectivity index (χ1) is 11.9. The number of hydrogen-bond donors (Lipinski definition) is 1. The molecule has 1 amide bonds. The van der Waals surface area contributed by atoms with E-state index in [1.807, 2.05) is 18.2 Å². The van der Waals surface area contributed by atoms with Gasteiger partial charge in [0, 0.05) is 28.1 Å². The fourth-order valence-corrected chi connectivity index (χ4v) is 3.16. The van der Waals surface area contributed by atoms with Crippen LogP contribution in [0.15, 0.2) is 53.5 Å². The lowest BCUT2D eigenvalue weighted by atomic mass is 10.2. The summed E-state index contributed by atoms with van der Waals surface area (Å²) in [6.45, 7) is 0.380. The molecule has 3 rings (SSSR count). The molecule has 4 nitrogen and oxygen atoms in total. The highest BCUT2D eigenvalue weighted by atomic mass is 32.1. The Hall–Kier alpha value is -2.61. The van der Waals surface area contributed by atoms with E-state index in [1.165, 1.54) is 0 Å². The van der Waals surface area contributed by atoms with Crippen LogP contribution in [0.4, 0.5) is 13.2 Å². The molecule has 0 spiro atoms. The minimum Gasteiger partial charge on any atom is -0.472 e. The van der Waals surface area contributed by atoms with Gasteiger partial charge in [0.25, 0.3) is 5.91 Å². The van der Waals surface area contributed by atoms with Crippen molar-refractivity contribution in [2.75, 3.05) is 6.54 Å². The summed E-state index contributed by atoms with van der Waals surface area (Å²) in [5.41, 5.74) is 0.0730. The first-order valence-corrected chi connectivity index (χ1v) is 8.18. The molecule has 0 aliphatic carbocycles. The van der Waals surface area contributed by atoms with Crippen LogP contribution in [0.5, 0.6) is 0 Å². The first kappa shape index (κ1) is 17.2. The average Bonchev–Trinajstić information content (AvgIpc) is 3.25. The molecule has 0 atom stereocenters. The highest BCUT2D eigenvalue weighted by Gasteiger charge is 2.32. The largest absolute Gasteiger partial charge is 0.472 e. The summed E-state index contributed by atoms with van der Waals surface area (Å²) in [7, 11) is 0. The number of aromatic nitrogens is 1. The van der Waals surface area contributed by atoms with Crippen molar-refractivity contribution in [2.24, 2.45) is 0 Å². The molecule has 3 aromatic heterocycles. The number of thiophene rings is 1. The van der Waals surface area contributed by atoms with Crippen LogP contribution in [0.25, 0.3) is 10.4 Å². The quantitative estimate of drug-likeness (QED) is 0.728. The standard InChI is InChI=1S/C17H13F3N2O2S/c18-17(19,20)15-4-1-11(9-22-15)16(23)21-7-5-13-2-3-14(25-13)12-6-8-24-10-12/h1-4,6,8-10H,5,7H2,(H,21,23). The molecule has 0 aromatic carbocycles. The number of amides is 1. The zero-order valence-corrected chi connectivity index (χ0v) is 13.7. The van der Waals surface area contributed by atoms with Crippen molar-refractivity contribution in [1.29, 1.82) is 0 Å².